The Kier molecular flexibility index (Phi) is 8.23. The fourth-order valence-corrected chi connectivity index (χ4v) is 12.9. The Morgan fingerprint density at radius 3 is 1.20 bits per heavy atom. The monoisotopic (exact) mass is 891 g/mol. The molecule has 0 atom stereocenters. The highest BCUT2D eigenvalue weighted by Gasteiger charge is 2.46. The van der Waals surface area contributed by atoms with E-state index in [1.165, 1.54) is 99.5 Å². The SMILES string of the molecule is C1=C(c2ccc3c(c2)c2cccc4c2n3-c2ccccc2C4(c2ccccc2)c2ccccc2)C[N-]C(c2ccc3c(c2)c2cccc4c2n3-c2ccccc2C4(c2ccccc2)c2ccccc2)=N1. The van der Waals surface area contributed by atoms with Gasteiger partial charge in [0.2, 0.25) is 0 Å². The van der Waals surface area contributed by atoms with Crippen molar-refractivity contribution < 1.29 is 0 Å². The van der Waals surface area contributed by atoms with Gasteiger partial charge in [-0.3, -0.25) is 0 Å². The molecule has 328 valence electrons. The number of fused-ring (bicyclic) bond motifs is 10. The van der Waals surface area contributed by atoms with Crippen LogP contribution < -0.4 is 0 Å². The van der Waals surface area contributed by atoms with E-state index < -0.39 is 10.8 Å². The van der Waals surface area contributed by atoms with E-state index in [4.69, 9.17) is 10.3 Å². The maximum atomic E-state index is 5.21. The quantitative estimate of drug-likeness (QED) is 0.159. The summed E-state index contributed by atoms with van der Waals surface area (Å²) >= 11 is 0. The lowest BCUT2D eigenvalue weighted by atomic mass is 9.63. The summed E-state index contributed by atoms with van der Waals surface area (Å²) in [5, 5.41) is 10.1. The topological polar surface area (TPSA) is 36.3 Å². The first-order chi connectivity index (χ1) is 34.7. The number of aliphatic imine (C=N–C) groups is 1. The van der Waals surface area contributed by atoms with Crippen molar-refractivity contribution in [3.63, 3.8) is 0 Å². The maximum Gasteiger partial charge on any atom is 0.0742 e. The molecular formula is C66H43N4-. The number of rotatable bonds is 6. The van der Waals surface area contributed by atoms with E-state index in [9.17, 15) is 0 Å². The summed E-state index contributed by atoms with van der Waals surface area (Å²) in [4.78, 5) is 5.12. The van der Waals surface area contributed by atoms with Crippen molar-refractivity contribution >= 4 is 55.0 Å². The van der Waals surface area contributed by atoms with E-state index in [2.05, 4.69) is 252 Å². The fourth-order valence-electron chi connectivity index (χ4n) is 12.9. The summed E-state index contributed by atoms with van der Waals surface area (Å²) in [6.45, 7) is 0.538. The minimum absolute atomic E-state index is 0.502. The number of nitrogens with zero attached hydrogens (tertiary/aromatic N) is 4. The van der Waals surface area contributed by atoms with Gasteiger partial charge in [0.05, 0.1) is 44.3 Å². The molecule has 4 heteroatoms. The number of para-hydroxylation sites is 4. The lowest BCUT2D eigenvalue weighted by Crippen LogP contribution is -2.35. The van der Waals surface area contributed by atoms with E-state index >= 15 is 0 Å². The zero-order valence-electron chi connectivity index (χ0n) is 38.2. The smallest absolute Gasteiger partial charge is 0.0742 e. The second-order valence-corrected chi connectivity index (χ2v) is 19.0. The second kappa shape index (κ2) is 14.8. The van der Waals surface area contributed by atoms with Crippen molar-refractivity contribution in [2.24, 2.45) is 4.99 Å². The summed E-state index contributed by atoms with van der Waals surface area (Å²) in [5.74, 6) is 0.754. The molecule has 0 unspecified atom stereocenters. The molecule has 2 aromatic heterocycles. The average Bonchev–Trinajstić information content (AvgIpc) is 3.97. The molecule has 10 aromatic carbocycles. The molecule has 0 saturated carbocycles. The minimum Gasteiger partial charge on any atom is -0.460 e. The van der Waals surface area contributed by atoms with E-state index in [1.54, 1.807) is 0 Å². The third-order valence-electron chi connectivity index (χ3n) is 15.7. The number of hydrogen-bond donors (Lipinski definition) is 0. The molecule has 0 saturated heterocycles. The van der Waals surface area contributed by atoms with Gasteiger partial charge in [0.25, 0.3) is 0 Å². The number of aromatic nitrogens is 2. The van der Waals surface area contributed by atoms with Gasteiger partial charge in [-0.1, -0.05) is 218 Å². The highest BCUT2D eigenvalue weighted by Crippen LogP contribution is 2.56. The van der Waals surface area contributed by atoms with Crippen molar-refractivity contribution in [2.45, 2.75) is 10.8 Å². The van der Waals surface area contributed by atoms with Gasteiger partial charge in [0.15, 0.2) is 0 Å². The largest absolute Gasteiger partial charge is 0.460 e. The Labute approximate surface area is 405 Å². The number of benzene rings is 10. The van der Waals surface area contributed by atoms with E-state index in [0.29, 0.717) is 6.54 Å². The van der Waals surface area contributed by atoms with Gasteiger partial charge in [0.1, 0.15) is 0 Å². The molecule has 5 heterocycles. The molecule has 70 heavy (non-hydrogen) atoms. The van der Waals surface area contributed by atoms with Crippen LogP contribution >= 0.6 is 0 Å². The Balaban J connectivity index is 0.864. The van der Waals surface area contributed by atoms with Gasteiger partial charge in [-0.15, -0.1) is 0 Å². The van der Waals surface area contributed by atoms with Crippen molar-refractivity contribution in [3.8, 4) is 11.4 Å². The van der Waals surface area contributed by atoms with Gasteiger partial charge in [-0.05, 0) is 104 Å². The van der Waals surface area contributed by atoms with Gasteiger partial charge >= 0.3 is 0 Å². The Morgan fingerprint density at radius 2 is 0.757 bits per heavy atom. The predicted molar refractivity (Wildman–Crippen MR) is 288 cm³/mol. The Bertz CT molecular complexity index is 3810. The Morgan fingerprint density at radius 1 is 0.357 bits per heavy atom. The summed E-state index contributed by atoms with van der Waals surface area (Å²) in [6.07, 6.45) is 2.04. The van der Waals surface area contributed by atoms with Crippen LogP contribution in [0.25, 0.3) is 65.9 Å². The number of hydrogen-bond acceptors (Lipinski definition) is 1. The predicted octanol–water partition coefficient (Wildman–Crippen LogP) is 15.4. The lowest BCUT2D eigenvalue weighted by molar-refractivity contribution is 0.728. The molecule has 0 aliphatic carbocycles. The zero-order valence-corrected chi connectivity index (χ0v) is 38.2. The standard InChI is InChI=1S/C66H43N4/c1-5-19-46(20-6-1)65(47-21-7-2-8-22-47)54-29-13-15-33-60(54)69-58-37-35-43(39-52(58)50-27-17-31-56(65)62(50)69)45-41-67-64(68-42-45)44-36-38-59-53(40-44)51-28-18-32-57-63(51)70(59)61-34-16-14-30-55(61)66(57,48-23-9-3-10-24-48)49-25-11-4-12-26-49/h1-41H,42H2/q-1. The van der Waals surface area contributed by atoms with Crippen LogP contribution in [0.5, 0.6) is 0 Å². The second-order valence-electron chi connectivity index (χ2n) is 19.0. The van der Waals surface area contributed by atoms with Crippen molar-refractivity contribution in [2.75, 3.05) is 6.54 Å². The molecule has 0 N–H and O–H groups in total. The molecule has 3 aliphatic rings. The zero-order chi connectivity index (χ0) is 46.0. The van der Waals surface area contributed by atoms with Gasteiger partial charge in [-0.2, -0.15) is 0 Å². The van der Waals surface area contributed by atoms with Crippen LogP contribution in [0.4, 0.5) is 0 Å². The van der Waals surface area contributed by atoms with Crippen LogP contribution in [0.2, 0.25) is 0 Å². The lowest BCUT2D eigenvalue weighted by Gasteiger charge is -2.41. The van der Waals surface area contributed by atoms with Crippen LogP contribution in [0.1, 0.15) is 55.6 Å². The number of amidine groups is 1. The van der Waals surface area contributed by atoms with Crippen LogP contribution in [0, 0.1) is 0 Å². The minimum atomic E-state index is -0.508. The molecule has 12 aromatic rings. The summed E-state index contributed by atoms with van der Waals surface area (Å²) in [6, 6.07) is 89.5. The molecule has 0 fully saturated rings. The third-order valence-corrected chi connectivity index (χ3v) is 15.7. The molecule has 0 radical (unpaired) electrons. The summed E-state index contributed by atoms with van der Waals surface area (Å²) in [5.41, 5.74) is 19.6. The normalized spacial score (nSPS) is 15.0. The van der Waals surface area contributed by atoms with Crippen molar-refractivity contribution in [1.82, 2.24) is 9.13 Å². The highest BCUT2D eigenvalue weighted by atomic mass is 15.0. The summed E-state index contributed by atoms with van der Waals surface area (Å²) in [7, 11) is 0. The first kappa shape index (κ1) is 39.0. The van der Waals surface area contributed by atoms with Crippen LogP contribution in [0.3, 0.4) is 0 Å². The molecular weight excluding hydrogens is 849 g/mol. The third kappa shape index (κ3) is 5.12. The van der Waals surface area contributed by atoms with Crippen molar-refractivity contribution in [1.29, 1.82) is 0 Å². The van der Waals surface area contributed by atoms with E-state index in [0.717, 1.165) is 22.5 Å². The van der Waals surface area contributed by atoms with Gasteiger partial charge in [-0.25, -0.2) is 0 Å². The molecule has 0 bridgehead atoms. The highest BCUT2D eigenvalue weighted by molar-refractivity contribution is 6.18. The molecule has 3 aliphatic heterocycles. The molecule has 0 amide bonds. The first-order valence-corrected chi connectivity index (χ1v) is 24.3. The summed E-state index contributed by atoms with van der Waals surface area (Å²) < 4.78 is 4.98. The molecule has 0 spiro atoms. The van der Waals surface area contributed by atoms with Crippen molar-refractivity contribution in [3.05, 3.63) is 310 Å². The van der Waals surface area contributed by atoms with Crippen LogP contribution in [-0.4, -0.2) is 21.5 Å². The molecule has 4 nitrogen and oxygen atoms in total. The fraction of sp³-hybridized carbons (Fsp3) is 0.0455. The first-order valence-electron chi connectivity index (χ1n) is 24.3. The van der Waals surface area contributed by atoms with E-state index in [-0.39, 0.29) is 0 Å². The maximum absolute atomic E-state index is 5.21. The van der Waals surface area contributed by atoms with E-state index in [1.807, 2.05) is 6.20 Å². The van der Waals surface area contributed by atoms with Gasteiger partial charge in [0, 0.05) is 21.5 Å². The average molecular weight is 892 g/mol. The Hall–Kier alpha value is -8.99. The van der Waals surface area contributed by atoms with Crippen LogP contribution in [0.15, 0.2) is 254 Å². The molecule has 15 rings (SSSR count). The van der Waals surface area contributed by atoms with Crippen LogP contribution in [-0.2, 0) is 10.8 Å². The van der Waals surface area contributed by atoms with Gasteiger partial charge < -0.3 is 19.4 Å².